The standard InChI is InChI=1S/C14H24N4/c1-4-7-15-8-12-9-16-14(17-10-12)18(3)11(2)13-5-6-13/h9-11,13,15H,4-8H2,1-3H3. The molecule has 2 rings (SSSR count). The Kier molecular flexibility index (Phi) is 4.53. The zero-order valence-corrected chi connectivity index (χ0v) is 11.7. The van der Waals surface area contributed by atoms with Gasteiger partial charge in [0.15, 0.2) is 0 Å². The van der Waals surface area contributed by atoms with E-state index in [0.717, 1.165) is 36.9 Å². The van der Waals surface area contributed by atoms with E-state index in [1.165, 1.54) is 12.8 Å². The molecule has 1 aliphatic rings. The molecule has 1 unspecified atom stereocenters. The van der Waals surface area contributed by atoms with E-state index in [4.69, 9.17) is 0 Å². The van der Waals surface area contributed by atoms with Crippen molar-refractivity contribution >= 4 is 5.95 Å². The van der Waals surface area contributed by atoms with Gasteiger partial charge in [-0.2, -0.15) is 0 Å². The van der Waals surface area contributed by atoms with Crippen LogP contribution in [0.2, 0.25) is 0 Å². The number of anilines is 1. The molecule has 1 fully saturated rings. The van der Waals surface area contributed by atoms with Crippen LogP contribution in [0.3, 0.4) is 0 Å². The molecule has 100 valence electrons. The fourth-order valence-electron chi connectivity index (χ4n) is 2.11. The second-order valence-electron chi connectivity index (χ2n) is 5.26. The first kappa shape index (κ1) is 13.3. The number of nitrogens with one attached hydrogen (secondary N) is 1. The molecular formula is C14H24N4. The summed E-state index contributed by atoms with van der Waals surface area (Å²) in [6, 6.07) is 0.550. The summed E-state index contributed by atoms with van der Waals surface area (Å²) in [5.41, 5.74) is 1.15. The smallest absolute Gasteiger partial charge is 0.225 e. The lowest BCUT2D eigenvalue weighted by molar-refractivity contribution is 0.596. The fourth-order valence-corrected chi connectivity index (χ4v) is 2.11. The normalized spacial score (nSPS) is 16.6. The predicted octanol–water partition coefficient (Wildman–Crippen LogP) is 2.21. The summed E-state index contributed by atoms with van der Waals surface area (Å²) in [6.45, 7) is 6.33. The Morgan fingerprint density at radius 1 is 1.39 bits per heavy atom. The van der Waals surface area contributed by atoms with Gasteiger partial charge in [-0.05, 0) is 38.6 Å². The van der Waals surface area contributed by atoms with Crippen molar-refractivity contribution in [3.63, 3.8) is 0 Å². The summed E-state index contributed by atoms with van der Waals surface area (Å²) in [4.78, 5) is 11.1. The Hall–Kier alpha value is -1.16. The Labute approximate surface area is 110 Å². The van der Waals surface area contributed by atoms with E-state index in [9.17, 15) is 0 Å². The van der Waals surface area contributed by atoms with Crippen molar-refractivity contribution in [3.8, 4) is 0 Å². The molecule has 4 heteroatoms. The van der Waals surface area contributed by atoms with Gasteiger partial charge in [-0.15, -0.1) is 0 Å². The van der Waals surface area contributed by atoms with Crippen LogP contribution in [0.4, 0.5) is 5.95 Å². The molecule has 0 aromatic carbocycles. The lowest BCUT2D eigenvalue weighted by Crippen LogP contribution is -2.32. The van der Waals surface area contributed by atoms with E-state index in [1.54, 1.807) is 0 Å². The van der Waals surface area contributed by atoms with Crippen LogP contribution < -0.4 is 10.2 Å². The predicted molar refractivity (Wildman–Crippen MR) is 74.6 cm³/mol. The third-order valence-electron chi connectivity index (χ3n) is 3.68. The molecule has 1 saturated carbocycles. The summed E-state index contributed by atoms with van der Waals surface area (Å²) in [5.74, 6) is 1.68. The maximum Gasteiger partial charge on any atom is 0.225 e. The second-order valence-corrected chi connectivity index (χ2v) is 5.26. The summed E-state index contributed by atoms with van der Waals surface area (Å²) in [5, 5.41) is 3.36. The molecule has 0 amide bonds. The molecular weight excluding hydrogens is 224 g/mol. The molecule has 1 heterocycles. The Balaban J connectivity index is 1.89. The van der Waals surface area contributed by atoms with Crippen molar-refractivity contribution in [3.05, 3.63) is 18.0 Å². The van der Waals surface area contributed by atoms with Crippen LogP contribution >= 0.6 is 0 Å². The number of rotatable bonds is 7. The number of aromatic nitrogens is 2. The first-order valence-corrected chi connectivity index (χ1v) is 6.96. The highest BCUT2D eigenvalue weighted by molar-refractivity contribution is 5.30. The van der Waals surface area contributed by atoms with Crippen LogP contribution in [0.15, 0.2) is 12.4 Å². The topological polar surface area (TPSA) is 41.1 Å². The third-order valence-corrected chi connectivity index (χ3v) is 3.68. The van der Waals surface area contributed by atoms with E-state index >= 15 is 0 Å². The minimum absolute atomic E-state index is 0.550. The molecule has 0 radical (unpaired) electrons. The quantitative estimate of drug-likeness (QED) is 0.751. The molecule has 0 spiro atoms. The molecule has 1 aromatic heterocycles. The highest BCUT2D eigenvalue weighted by atomic mass is 15.2. The molecule has 18 heavy (non-hydrogen) atoms. The van der Waals surface area contributed by atoms with E-state index in [-0.39, 0.29) is 0 Å². The summed E-state index contributed by atoms with van der Waals surface area (Å²) < 4.78 is 0. The number of nitrogens with zero attached hydrogens (tertiary/aromatic N) is 3. The van der Waals surface area contributed by atoms with Gasteiger partial charge in [-0.3, -0.25) is 0 Å². The average Bonchev–Trinajstić information content (AvgIpc) is 3.22. The van der Waals surface area contributed by atoms with Crippen molar-refractivity contribution in [1.29, 1.82) is 0 Å². The van der Waals surface area contributed by atoms with Crippen molar-refractivity contribution < 1.29 is 0 Å². The van der Waals surface area contributed by atoms with Crippen LogP contribution in [-0.2, 0) is 6.54 Å². The maximum absolute atomic E-state index is 4.46. The molecule has 0 aliphatic heterocycles. The maximum atomic E-state index is 4.46. The van der Waals surface area contributed by atoms with Crippen LogP contribution in [0.1, 0.15) is 38.7 Å². The van der Waals surface area contributed by atoms with Gasteiger partial charge in [-0.1, -0.05) is 6.92 Å². The largest absolute Gasteiger partial charge is 0.341 e. The van der Waals surface area contributed by atoms with E-state index < -0.39 is 0 Å². The van der Waals surface area contributed by atoms with Gasteiger partial charge in [0.2, 0.25) is 5.95 Å². The van der Waals surface area contributed by atoms with Crippen molar-refractivity contribution in [2.45, 2.75) is 45.7 Å². The Morgan fingerprint density at radius 2 is 2.06 bits per heavy atom. The summed E-state index contributed by atoms with van der Waals surface area (Å²) in [6.07, 6.45) is 7.72. The molecule has 1 N–H and O–H groups in total. The van der Waals surface area contributed by atoms with Crippen LogP contribution in [0.25, 0.3) is 0 Å². The minimum atomic E-state index is 0.550. The van der Waals surface area contributed by atoms with Gasteiger partial charge in [-0.25, -0.2) is 9.97 Å². The minimum Gasteiger partial charge on any atom is -0.341 e. The van der Waals surface area contributed by atoms with E-state index in [2.05, 4.69) is 41.1 Å². The zero-order chi connectivity index (χ0) is 13.0. The molecule has 0 saturated heterocycles. The van der Waals surface area contributed by atoms with Crippen LogP contribution in [-0.4, -0.2) is 29.6 Å². The van der Waals surface area contributed by atoms with Crippen molar-refractivity contribution in [2.75, 3.05) is 18.5 Å². The number of hydrogen-bond donors (Lipinski definition) is 1. The van der Waals surface area contributed by atoms with Crippen LogP contribution in [0, 0.1) is 5.92 Å². The molecule has 1 aromatic rings. The van der Waals surface area contributed by atoms with Gasteiger partial charge in [0.1, 0.15) is 0 Å². The zero-order valence-electron chi connectivity index (χ0n) is 11.7. The first-order valence-electron chi connectivity index (χ1n) is 6.96. The third kappa shape index (κ3) is 3.42. The van der Waals surface area contributed by atoms with E-state index in [0.29, 0.717) is 6.04 Å². The lowest BCUT2D eigenvalue weighted by atomic mass is 10.2. The summed E-state index contributed by atoms with van der Waals surface area (Å²) in [7, 11) is 2.09. The monoisotopic (exact) mass is 248 g/mol. The van der Waals surface area contributed by atoms with E-state index in [1.807, 2.05) is 12.4 Å². The van der Waals surface area contributed by atoms with Gasteiger partial charge < -0.3 is 10.2 Å². The SMILES string of the molecule is CCCNCc1cnc(N(C)C(C)C2CC2)nc1. The Bertz CT molecular complexity index is 359. The molecule has 0 bridgehead atoms. The summed E-state index contributed by atoms with van der Waals surface area (Å²) >= 11 is 0. The van der Waals surface area contributed by atoms with Gasteiger partial charge in [0.05, 0.1) is 0 Å². The van der Waals surface area contributed by atoms with Crippen molar-refractivity contribution in [2.24, 2.45) is 5.92 Å². The van der Waals surface area contributed by atoms with Crippen LogP contribution in [0.5, 0.6) is 0 Å². The van der Waals surface area contributed by atoms with Gasteiger partial charge in [0.25, 0.3) is 0 Å². The average molecular weight is 248 g/mol. The molecule has 4 nitrogen and oxygen atoms in total. The highest BCUT2D eigenvalue weighted by Gasteiger charge is 2.31. The van der Waals surface area contributed by atoms with Gasteiger partial charge in [0, 0.05) is 37.6 Å². The fraction of sp³-hybridized carbons (Fsp3) is 0.714. The number of hydrogen-bond acceptors (Lipinski definition) is 4. The highest BCUT2D eigenvalue weighted by Crippen LogP contribution is 2.35. The molecule has 1 atom stereocenters. The Morgan fingerprint density at radius 3 is 2.61 bits per heavy atom. The first-order chi connectivity index (χ1) is 8.72. The van der Waals surface area contributed by atoms with Gasteiger partial charge >= 0.3 is 0 Å². The lowest BCUT2D eigenvalue weighted by Gasteiger charge is -2.24. The second kappa shape index (κ2) is 6.14. The van der Waals surface area contributed by atoms with Crippen molar-refractivity contribution in [1.82, 2.24) is 15.3 Å². The molecule has 1 aliphatic carbocycles.